The van der Waals surface area contributed by atoms with E-state index in [0.717, 1.165) is 10.0 Å². The van der Waals surface area contributed by atoms with Gasteiger partial charge in [0.05, 0.1) is 7.11 Å². The van der Waals surface area contributed by atoms with E-state index < -0.39 is 6.10 Å². The summed E-state index contributed by atoms with van der Waals surface area (Å²) in [5.74, 6) is 0.361. The second kappa shape index (κ2) is 5.93. The number of aliphatic hydroxyl groups is 1. The van der Waals surface area contributed by atoms with Crippen LogP contribution in [0.1, 0.15) is 17.4 Å². The van der Waals surface area contributed by atoms with Crippen molar-refractivity contribution in [3.8, 4) is 5.88 Å². The van der Waals surface area contributed by atoms with Crippen LogP contribution in [0.4, 0.5) is 0 Å². The van der Waals surface area contributed by atoms with Crippen molar-refractivity contribution in [1.82, 2.24) is 9.97 Å². The van der Waals surface area contributed by atoms with E-state index in [1.54, 1.807) is 6.20 Å². The minimum absolute atomic E-state index is 0.361. The summed E-state index contributed by atoms with van der Waals surface area (Å²) in [5.41, 5.74) is 1.48. The van der Waals surface area contributed by atoms with Gasteiger partial charge in [0.2, 0.25) is 5.88 Å². The maximum absolute atomic E-state index is 10.2. The van der Waals surface area contributed by atoms with Gasteiger partial charge in [-0.05, 0) is 17.7 Å². The second-order valence-electron chi connectivity index (χ2n) is 3.80. The fraction of sp³-hybridized carbons (Fsp3) is 0.231. The molecule has 5 heteroatoms. The van der Waals surface area contributed by atoms with Crippen LogP contribution in [-0.4, -0.2) is 22.2 Å². The van der Waals surface area contributed by atoms with Crippen molar-refractivity contribution in [1.29, 1.82) is 0 Å². The number of nitrogens with zero attached hydrogens (tertiary/aromatic N) is 2. The molecule has 0 aliphatic heterocycles. The lowest BCUT2D eigenvalue weighted by molar-refractivity contribution is 0.167. The summed E-state index contributed by atoms with van der Waals surface area (Å²) in [6.07, 6.45) is 2.81. The largest absolute Gasteiger partial charge is 0.480 e. The van der Waals surface area contributed by atoms with Gasteiger partial charge < -0.3 is 9.84 Å². The molecule has 1 heterocycles. The molecule has 2 aromatic rings. The zero-order valence-corrected chi connectivity index (χ0v) is 11.5. The van der Waals surface area contributed by atoms with Gasteiger partial charge in [-0.3, -0.25) is 4.98 Å². The third-order valence-electron chi connectivity index (χ3n) is 2.52. The summed E-state index contributed by atoms with van der Waals surface area (Å²) in [6, 6.07) is 7.79. The predicted molar refractivity (Wildman–Crippen MR) is 71.4 cm³/mol. The second-order valence-corrected chi connectivity index (χ2v) is 4.72. The van der Waals surface area contributed by atoms with Crippen molar-refractivity contribution >= 4 is 15.9 Å². The molecule has 18 heavy (non-hydrogen) atoms. The highest BCUT2D eigenvalue weighted by Crippen LogP contribution is 2.24. The molecule has 1 aromatic carbocycles. The van der Waals surface area contributed by atoms with Crippen LogP contribution in [0.3, 0.4) is 0 Å². The Morgan fingerprint density at radius 2 is 2.11 bits per heavy atom. The van der Waals surface area contributed by atoms with E-state index in [1.807, 2.05) is 24.3 Å². The molecule has 4 nitrogen and oxygen atoms in total. The van der Waals surface area contributed by atoms with Crippen molar-refractivity contribution in [3.05, 3.63) is 52.4 Å². The molecule has 0 aliphatic carbocycles. The third-order valence-corrected chi connectivity index (χ3v) is 3.01. The van der Waals surface area contributed by atoms with Crippen molar-refractivity contribution in [3.63, 3.8) is 0 Å². The molecule has 1 atom stereocenters. The van der Waals surface area contributed by atoms with Crippen molar-refractivity contribution in [2.45, 2.75) is 12.5 Å². The average Bonchev–Trinajstić information content (AvgIpc) is 2.38. The summed E-state index contributed by atoms with van der Waals surface area (Å²) in [5, 5.41) is 10.2. The van der Waals surface area contributed by atoms with Crippen LogP contribution in [0.5, 0.6) is 5.88 Å². The van der Waals surface area contributed by atoms with Gasteiger partial charge in [-0.15, -0.1) is 0 Å². The van der Waals surface area contributed by atoms with E-state index in [2.05, 4.69) is 25.9 Å². The molecular formula is C13H13BrN2O2. The number of benzene rings is 1. The summed E-state index contributed by atoms with van der Waals surface area (Å²) >= 11 is 3.40. The van der Waals surface area contributed by atoms with E-state index in [9.17, 15) is 5.11 Å². The molecule has 0 radical (unpaired) electrons. The minimum atomic E-state index is -0.733. The lowest BCUT2D eigenvalue weighted by Crippen LogP contribution is -2.07. The highest BCUT2D eigenvalue weighted by Gasteiger charge is 2.16. The Balaban J connectivity index is 2.19. The number of rotatable bonds is 4. The number of aliphatic hydroxyl groups excluding tert-OH is 1. The minimum Gasteiger partial charge on any atom is -0.480 e. The molecule has 2 rings (SSSR count). The molecule has 0 saturated heterocycles. The number of halogens is 1. The molecule has 0 fully saturated rings. The molecule has 1 unspecified atom stereocenters. The number of hydrogen-bond acceptors (Lipinski definition) is 4. The van der Waals surface area contributed by atoms with Gasteiger partial charge in [0.15, 0.2) is 0 Å². The molecule has 1 N–H and O–H groups in total. The Morgan fingerprint density at radius 3 is 2.83 bits per heavy atom. The van der Waals surface area contributed by atoms with Crippen LogP contribution in [0.15, 0.2) is 41.1 Å². The number of methoxy groups -OCH3 is 1. The van der Waals surface area contributed by atoms with Gasteiger partial charge in [-0.25, -0.2) is 4.98 Å². The zero-order valence-electron chi connectivity index (χ0n) is 9.88. The quantitative estimate of drug-likeness (QED) is 0.943. The summed E-state index contributed by atoms with van der Waals surface area (Å²) in [6.45, 7) is 0. The molecule has 0 aliphatic rings. The van der Waals surface area contributed by atoms with E-state index >= 15 is 0 Å². The smallest absolute Gasteiger partial charge is 0.238 e. The van der Waals surface area contributed by atoms with Crippen LogP contribution in [-0.2, 0) is 6.42 Å². The maximum atomic E-state index is 10.2. The standard InChI is InChI=1S/C13H13BrN2O2/c1-18-13-12(15-5-6-16-13)11(17)8-9-3-2-4-10(14)7-9/h2-7,11,17H,8H2,1H3. The topological polar surface area (TPSA) is 55.2 Å². The van der Waals surface area contributed by atoms with Crippen LogP contribution >= 0.6 is 15.9 Å². The lowest BCUT2D eigenvalue weighted by Gasteiger charge is -2.12. The van der Waals surface area contributed by atoms with Gasteiger partial charge in [0.1, 0.15) is 11.8 Å². The Kier molecular flexibility index (Phi) is 4.28. The first-order valence-corrected chi connectivity index (χ1v) is 6.27. The number of aromatic nitrogens is 2. The van der Waals surface area contributed by atoms with Crippen molar-refractivity contribution in [2.24, 2.45) is 0 Å². The number of ether oxygens (including phenoxy) is 1. The molecule has 0 saturated carbocycles. The highest BCUT2D eigenvalue weighted by atomic mass is 79.9. The summed E-state index contributed by atoms with van der Waals surface area (Å²) in [4.78, 5) is 8.14. The number of hydrogen-bond donors (Lipinski definition) is 1. The molecular weight excluding hydrogens is 296 g/mol. The van der Waals surface area contributed by atoms with Crippen molar-refractivity contribution in [2.75, 3.05) is 7.11 Å². The molecule has 1 aromatic heterocycles. The van der Waals surface area contributed by atoms with Crippen LogP contribution in [0.2, 0.25) is 0 Å². The Bertz CT molecular complexity index is 534. The molecule has 94 valence electrons. The Hall–Kier alpha value is -1.46. The van der Waals surface area contributed by atoms with E-state index in [-0.39, 0.29) is 0 Å². The van der Waals surface area contributed by atoms with E-state index in [0.29, 0.717) is 18.0 Å². The van der Waals surface area contributed by atoms with Crippen LogP contribution < -0.4 is 4.74 Å². The maximum Gasteiger partial charge on any atom is 0.238 e. The third kappa shape index (κ3) is 3.05. The first-order chi connectivity index (χ1) is 8.70. The SMILES string of the molecule is COc1nccnc1C(O)Cc1cccc(Br)c1. The summed E-state index contributed by atoms with van der Waals surface area (Å²) < 4.78 is 6.07. The normalized spacial score (nSPS) is 12.2. The first kappa shape index (κ1) is 13.0. The van der Waals surface area contributed by atoms with Crippen molar-refractivity contribution < 1.29 is 9.84 Å². The zero-order chi connectivity index (χ0) is 13.0. The van der Waals surface area contributed by atoms with Gasteiger partial charge in [0.25, 0.3) is 0 Å². The predicted octanol–water partition coefficient (Wildman–Crippen LogP) is 2.52. The molecule has 0 bridgehead atoms. The molecule has 0 amide bonds. The fourth-order valence-corrected chi connectivity index (χ4v) is 2.15. The molecule has 0 spiro atoms. The van der Waals surface area contributed by atoms with Crippen LogP contribution in [0.25, 0.3) is 0 Å². The van der Waals surface area contributed by atoms with Gasteiger partial charge in [0, 0.05) is 23.3 Å². The first-order valence-electron chi connectivity index (χ1n) is 5.48. The Morgan fingerprint density at radius 1 is 1.33 bits per heavy atom. The lowest BCUT2D eigenvalue weighted by atomic mass is 10.1. The fourth-order valence-electron chi connectivity index (χ4n) is 1.71. The highest BCUT2D eigenvalue weighted by molar-refractivity contribution is 9.10. The summed E-state index contributed by atoms with van der Waals surface area (Å²) in [7, 11) is 1.51. The van der Waals surface area contributed by atoms with Crippen LogP contribution in [0, 0.1) is 0 Å². The van der Waals surface area contributed by atoms with Gasteiger partial charge >= 0.3 is 0 Å². The van der Waals surface area contributed by atoms with E-state index in [1.165, 1.54) is 13.3 Å². The Labute approximate surface area is 114 Å². The van der Waals surface area contributed by atoms with E-state index in [4.69, 9.17) is 4.74 Å². The van der Waals surface area contributed by atoms with Gasteiger partial charge in [-0.2, -0.15) is 0 Å². The van der Waals surface area contributed by atoms with Gasteiger partial charge in [-0.1, -0.05) is 28.1 Å². The average molecular weight is 309 g/mol. The monoisotopic (exact) mass is 308 g/mol.